The highest BCUT2D eigenvalue weighted by atomic mass is 16.5. The first kappa shape index (κ1) is 22.9. The molecule has 1 amide bonds. The lowest BCUT2D eigenvalue weighted by molar-refractivity contribution is -0.130. The van der Waals surface area contributed by atoms with Gasteiger partial charge in [0.05, 0.1) is 24.7 Å². The maximum Gasteiger partial charge on any atom is 0.219 e. The summed E-state index contributed by atoms with van der Waals surface area (Å²) in [6.07, 6.45) is 9.46. The Balaban J connectivity index is 1.22. The van der Waals surface area contributed by atoms with E-state index in [2.05, 4.69) is 26.6 Å². The number of aromatic nitrogens is 7. The van der Waals surface area contributed by atoms with Gasteiger partial charge in [-0.25, -0.2) is 9.97 Å². The smallest absolute Gasteiger partial charge is 0.219 e. The molecule has 10 nitrogen and oxygen atoms in total. The van der Waals surface area contributed by atoms with Crippen molar-refractivity contribution >= 4 is 17.1 Å². The van der Waals surface area contributed by atoms with Crippen LogP contribution >= 0.6 is 0 Å². The van der Waals surface area contributed by atoms with Crippen LogP contribution in [0.5, 0.6) is 5.75 Å². The molecule has 182 valence electrons. The Labute approximate surface area is 203 Å². The van der Waals surface area contributed by atoms with E-state index in [1.807, 2.05) is 47.0 Å². The number of likely N-dealkylation sites (tertiary alicyclic amines) is 1. The summed E-state index contributed by atoms with van der Waals surface area (Å²) in [5.74, 6) is 2.33. The van der Waals surface area contributed by atoms with Crippen LogP contribution in [0.1, 0.15) is 44.5 Å². The fourth-order valence-electron chi connectivity index (χ4n) is 4.53. The number of nitrogens with zero attached hydrogens (tertiary/aromatic N) is 8. The summed E-state index contributed by atoms with van der Waals surface area (Å²) < 4.78 is 9.24. The average molecular weight is 475 g/mol. The summed E-state index contributed by atoms with van der Waals surface area (Å²) in [6, 6.07) is 7.70. The van der Waals surface area contributed by atoms with Crippen LogP contribution in [0.25, 0.3) is 16.9 Å². The van der Waals surface area contributed by atoms with E-state index < -0.39 is 0 Å². The van der Waals surface area contributed by atoms with E-state index in [1.54, 1.807) is 17.8 Å². The summed E-state index contributed by atoms with van der Waals surface area (Å²) in [6.45, 7) is 6.84. The first-order chi connectivity index (χ1) is 17.1. The molecule has 1 aliphatic heterocycles. The van der Waals surface area contributed by atoms with Gasteiger partial charge in [0.1, 0.15) is 11.6 Å². The van der Waals surface area contributed by atoms with Crippen LogP contribution in [-0.4, -0.2) is 65.2 Å². The average Bonchev–Trinajstić information content (AvgIpc) is 3.50. The topological polar surface area (TPSA) is 104 Å². The Morgan fingerprint density at radius 2 is 1.94 bits per heavy atom. The van der Waals surface area contributed by atoms with E-state index >= 15 is 0 Å². The lowest BCUT2D eigenvalue weighted by Gasteiger charge is -2.31. The van der Waals surface area contributed by atoms with E-state index in [4.69, 9.17) is 9.72 Å². The monoisotopic (exact) mass is 474 g/mol. The van der Waals surface area contributed by atoms with Crippen molar-refractivity contribution in [3.63, 3.8) is 0 Å². The zero-order valence-electron chi connectivity index (χ0n) is 20.2. The number of piperidine rings is 1. The second-order valence-corrected chi connectivity index (χ2v) is 8.95. The molecule has 5 rings (SSSR count). The van der Waals surface area contributed by atoms with Crippen LogP contribution in [-0.2, 0) is 17.8 Å². The number of hydrogen-bond acceptors (Lipinski definition) is 7. The van der Waals surface area contributed by atoms with Crippen molar-refractivity contribution in [2.75, 3.05) is 19.7 Å². The molecule has 0 radical (unpaired) electrons. The number of amides is 1. The second-order valence-electron chi connectivity index (χ2n) is 8.95. The van der Waals surface area contributed by atoms with Gasteiger partial charge in [-0.3, -0.25) is 9.48 Å². The fourth-order valence-corrected chi connectivity index (χ4v) is 4.53. The van der Waals surface area contributed by atoms with Crippen molar-refractivity contribution < 1.29 is 9.53 Å². The van der Waals surface area contributed by atoms with Gasteiger partial charge < -0.3 is 9.64 Å². The van der Waals surface area contributed by atoms with Gasteiger partial charge in [0, 0.05) is 39.2 Å². The third-order valence-corrected chi connectivity index (χ3v) is 6.51. The maximum absolute atomic E-state index is 11.5. The Kier molecular flexibility index (Phi) is 6.69. The molecular formula is C25H30N8O2. The highest BCUT2D eigenvalue weighted by Crippen LogP contribution is 2.22. The zero-order valence-corrected chi connectivity index (χ0v) is 20.2. The van der Waals surface area contributed by atoms with E-state index in [9.17, 15) is 4.79 Å². The molecule has 0 unspecified atom stereocenters. The van der Waals surface area contributed by atoms with Gasteiger partial charge in [0.2, 0.25) is 5.91 Å². The first-order valence-electron chi connectivity index (χ1n) is 12.2. The van der Waals surface area contributed by atoms with Crippen LogP contribution in [0.4, 0.5) is 0 Å². The van der Waals surface area contributed by atoms with E-state index in [0.717, 1.165) is 55.9 Å². The molecule has 0 spiro atoms. The van der Waals surface area contributed by atoms with Gasteiger partial charge in [-0.05, 0) is 61.9 Å². The number of rotatable bonds is 8. The molecule has 4 heterocycles. The summed E-state index contributed by atoms with van der Waals surface area (Å²) in [4.78, 5) is 22.7. The van der Waals surface area contributed by atoms with E-state index in [0.29, 0.717) is 35.9 Å². The standard InChI is InChI=1S/C25H30N8O2/c1-3-35-22-6-4-21(5-7-22)33-25-23(29-30-33)16-26-24(28-25)14-20-15-27-32(17-20)13-10-19-8-11-31(12-9-19)18(2)34/h4-7,15-17,19H,3,8-14H2,1-2H3. The highest BCUT2D eigenvalue weighted by molar-refractivity contribution is 5.73. The minimum absolute atomic E-state index is 0.180. The SMILES string of the molecule is CCOc1ccc(-n2nnc3cnc(Cc4cnn(CCC5CCN(C(C)=O)CC5)c4)nc32)cc1. The number of fused-ring (bicyclic) bond motifs is 1. The minimum atomic E-state index is 0.180. The van der Waals surface area contributed by atoms with E-state index in [1.165, 1.54) is 0 Å². The number of ether oxygens (including phenoxy) is 1. The molecule has 10 heteroatoms. The molecule has 1 aliphatic rings. The number of hydrogen-bond donors (Lipinski definition) is 0. The highest BCUT2D eigenvalue weighted by Gasteiger charge is 2.20. The molecule has 0 bridgehead atoms. The third kappa shape index (κ3) is 5.31. The van der Waals surface area contributed by atoms with Crippen molar-refractivity contribution in [2.45, 2.75) is 46.1 Å². The van der Waals surface area contributed by atoms with Crippen LogP contribution in [0.15, 0.2) is 42.9 Å². The lowest BCUT2D eigenvalue weighted by Crippen LogP contribution is -2.37. The van der Waals surface area contributed by atoms with Crippen LogP contribution in [0, 0.1) is 5.92 Å². The van der Waals surface area contributed by atoms with Crippen molar-refractivity contribution in [1.82, 2.24) is 39.6 Å². The van der Waals surface area contributed by atoms with Crippen LogP contribution in [0.3, 0.4) is 0 Å². The summed E-state index contributed by atoms with van der Waals surface area (Å²) >= 11 is 0. The summed E-state index contributed by atoms with van der Waals surface area (Å²) in [7, 11) is 0. The molecule has 35 heavy (non-hydrogen) atoms. The first-order valence-corrected chi connectivity index (χ1v) is 12.2. The third-order valence-electron chi connectivity index (χ3n) is 6.51. The summed E-state index contributed by atoms with van der Waals surface area (Å²) in [5.41, 5.74) is 3.25. The molecule has 0 N–H and O–H groups in total. The molecule has 1 saturated heterocycles. The predicted octanol–water partition coefficient (Wildman–Crippen LogP) is 3.05. The van der Waals surface area contributed by atoms with Crippen molar-refractivity contribution in [2.24, 2.45) is 5.92 Å². The maximum atomic E-state index is 11.5. The number of aryl methyl sites for hydroxylation is 1. The molecule has 0 atom stereocenters. The lowest BCUT2D eigenvalue weighted by atomic mass is 9.93. The molecule has 4 aromatic rings. The molecule has 1 fully saturated rings. The zero-order chi connectivity index (χ0) is 24.2. The van der Waals surface area contributed by atoms with Gasteiger partial charge in [0.15, 0.2) is 11.2 Å². The minimum Gasteiger partial charge on any atom is -0.494 e. The largest absolute Gasteiger partial charge is 0.494 e. The van der Waals surface area contributed by atoms with Gasteiger partial charge in [-0.15, -0.1) is 5.10 Å². The Bertz CT molecular complexity index is 1290. The molecule has 3 aromatic heterocycles. The van der Waals surface area contributed by atoms with Crippen molar-refractivity contribution in [1.29, 1.82) is 0 Å². The molecule has 0 saturated carbocycles. The van der Waals surface area contributed by atoms with Gasteiger partial charge >= 0.3 is 0 Å². The van der Waals surface area contributed by atoms with Gasteiger partial charge in [0.25, 0.3) is 0 Å². The summed E-state index contributed by atoms with van der Waals surface area (Å²) in [5, 5.41) is 13.0. The van der Waals surface area contributed by atoms with Crippen molar-refractivity contribution in [3.8, 4) is 11.4 Å². The second kappa shape index (κ2) is 10.2. The number of benzene rings is 1. The van der Waals surface area contributed by atoms with Gasteiger partial charge in [-0.1, -0.05) is 5.21 Å². The normalized spacial score (nSPS) is 14.5. The molecule has 0 aliphatic carbocycles. The van der Waals surface area contributed by atoms with Crippen LogP contribution in [0.2, 0.25) is 0 Å². The quantitative estimate of drug-likeness (QED) is 0.387. The van der Waals surface area contributed by atoms with Crippen LogP contribution < -0.4 is 4.74 Å². The predicted molar refractivity (Wildman–Crippen MR) is 130 cm³/mol. The van der Waals surface area contributed by atoms with Gasteiger partial charge in [-0.2, -0.15) is 9.78 Å². The fraction of sp³-hybridized carbons (Fsp3) is 0.440. The van der Waals surface area contributed by atoms with Crippen molar-refractivity contribution in [3.05, 3.63) is 54.2 Å². The number of carbonyl (C=O) groups is 1. The van der Waals surface area contributed by atoms with E-state index in [-0.39, 0.29) is 5.91 Å². The Morgan fingerprint density at radius 1 is 1.14 bits per heavy atom. The number of carbonyl (C=O) groups excluding carboxylic acids is 1. The Morgan fingerprint density at radius 3 is 2.69 bits per heavy atom. The Hall–Kier alpha value is -3.82. The molecular weight excluding hydrogens is 444 g/mol. The molecule has 1 aromatic carbocycles.